The van der Waals surface area contributed by atoms with E-state index in [1.54, 1.807) is 6.07 Å². The van der Waals surface area contributed by atoms with E-state index >= 15 is 0 Å². The van der Waals surface area contributed by atoms with Crippen molar-refractivity contribution in [3.8, 4) is 11.5 Å². The van der Waals surface area contributed by atoms with Crippen LogP contribution in [-0.2, 0) is 19.0 Å². The van der Waals surface area contributed by atoms with Gasteiger partial charge in [-0.25, -0.2) is 9.18 Å². The van der Waals surface area contributed by atoms with Crippen molar-refractivity contribution in [3.63, 3.8) is 0 Å². The van der Waals surface area contributed by atoms with Crippen LogP contribution in [0.1, 0.15) is 44.6 Å². The van der Waals surface area contributed by atoms with Gasteiger partial charge in [0.15, 0.2) is 11.6 Å². The second-order valence-corrected chi connectivity index (χ2v) is 11.2. The molecule has 43 heavy (non-hydrogen) atoms. The maximum absolute atomic E-state index is 14.0. The van der Waals surface area contributed by atoms with Gasteiger partial charge in [0.05, 0.1) is 25.0 Å². The molecule has 2 heterocycles. The molecule has 2 aliphatic heterocycles. The average Bonchev–Trinajstić information content (AvgIpc) is 3.25. The van der Waals surface area contributed by atoms with Crippen molar-refractivity contribution < 1.29 is 43.0 Å². The first-order valence-electron chi connectivity index (χ1n) is 14.6. The fourth-order valence-electron chi connectivity index (χ4n) is 6.61. The SMILES string of the molecule is CCC/C(=C\c1ccc(O)c(F)c1)CC[C@H]1OB(O)C[C@H]2C1=C(COc1ccccc1)C[C@H]1C(=O)N(C(=O)OC)C(=O)[C@H]12. The standard InChI is InChI=1S/C32H35BFNO8/c1-3-7-19(14-20-10-12-26(36)25(34)15-20)11-13-27-28-21(18-42-22-8-5-4-6-9-22)16-23-29(24(28)17-33(40)43-27)31(38)35(30(23)37)32(39)41-2/h4-6,8-10,12,14-15,23-24,27,29,36,40H,3,7,11,13,16-18H2,1-2H3/b19-14+/t23-,24+,27-,29-/m1/s1. The summed E-state index contributed by atoms with van der Waals surface area (Å²) in [6.45, 7) is 2.19. The lowest BCUT2D eigenvalue weighted by Gasteiger charge is -2.43. The normalized spacial score (nSPS) is 23.8. The highest BCUT2D eigenvalue weighted by atomic mass is 19.1. The lowest BCUT2D eigenvalue weighted by molar-refractivity contribution is -0.137. The summed E-state index contributed by atoms with van der Waals surface area (Å²) in [5, 5.41) is 20.4. The molecule has 0 aromatic heterocycles. The van der Waals surface area contributed by atoms with Gasteiger partial charge in [0.1, 0.15) is 12.4 Å². The summed E-state index contributed by atoms with van der Waals surface area (Å²) >= 11 is 0. The highest BCUT2D eigenvalue weighted by Crippen LogP contribution is 2.50. The smallest absolute Gasteiger partial charge is 0.455 e. The minimum Gasteiger partial charge on any atom is -0.505 e. The van der Waals surface area contributed by atoms with Crippen molar-refractivity contribution in [1.29, 1.82) is 0 Å². The molecule has 0 bridgehead atoms. The van der Waals surface area contributed by atoms with Crippen LogP contribution in [0.15, 0.2) is 65.3 Å². The number of hydrogen-bond donors (Lipinski definition) is 2. The van der Waals surface area contributed by atoms with Crippen LogP contribution in [0, 0.1) is 23.6 Å². The third kappa shape index (κ3) is 6.38. The van der Waals surface area contributed by atoms with Crippen LogP contribution in [0.3, 0.4) is 0 Å². The fourth-order valence-corrected chi connectivity index (χ4v) is 6.61. The van der Waals surface area contributed by atoms with Gasteiger partial charge in [-0.15, -0.1) is 0 Å². The summed E-state index contributed by atoms with van der Waals surface area (Å²) in [7, 11) is -0.0516. The Hall–Kier alpha value is -3.96. The van der Waals surface area contributed by atoms with Crippen LogP contribution >= 0.6 is 0 Å². The van der Waals surface area contributed by atoms with Gasteiger partial charge in [0.2, 0.25) is 11.8 Å². The van der Waals surface area contributed by atoms with E-state index in [4.69, 9.17) is 14.1 Å². The zero-order valence-electron chi connectivity index (χ0n) is 24.2. The number of amides is 3. The number of para-hydroxylation sites is 1. The van der Waals surface area contributed by atoms with E-state index in [1.165, 1.54) is 12.1 Å². The molecule has 4 atom stereocenters. The third-order valence-corrected chi connectivity index (χ3v) is 8.46. The predicted octanol–water partition coefficient (Wildman–Crippen LogP) is 5.14. The quantitative estimate of drug-likeness (QED) is 0.234. The van der Waals surface area contributed by atoms with Gasteiger partial charge in [0, 0.05) is 0 Å². The maximum Gasteiger partial charge on any atom is 0.455 e. The summed E-state index contributed by atoms with van der Waals surface area (Å²) in [5.41, 5.74) is 3.28. The maximum atomic E-state index is 14.0. The summed E-state index contributed by atoms with van der Waals surface area (Å²) in [6, 6.07) is 13.5. The molecule has 0 spiro atoms. The minimum absolute atomic E-state index is 0.0975. The molecule has 226 valence electrons. The first-order chi connectivity index (χ1) is 20.7. The van der Waals surface area contributed by atoms with E-state index in [1.807, 2.05) is 43.3 Å². The van der Waals surface area contributed by atoms with Gasteiger partial charge in [-0.05, 0) is 78.9 Å². The fraction of sp³-hybridized carbons (Fsp3) is 0.406. The van der Waals surface area contributed by atoms with Crippen molar-refractivity contribution in [2.75, 3.05) is 13.7 Å². The number of benzene rings is 2. The predicted molar refractivity (Wildman–Crippen MR) is 156 cm³/mol. The summed E-state index contributed by atoms with van der Waals surface area (Å²) in [4.78, 5) is 39.8. The van der Waals surface area contributed by atoms with Crippen LogP contribution in [-0.4, -0.2) is 59.9 Å². The molecule has 9 nitrogen and oxygen atoms in total. The van der Waals surface area contributed by atoms with E-state index in [0.29, 0.717) is 29.1 Å². The number of phenolic OH excluding ortho intramolecular Hbond substituents is 1. The topological polar surface area (TPSA) is 123 Å². The number of nitrogens with zero attached hydrogens (tertiary/aromatic N) is 1. The van der Waals surface area contributed by atoms with E-state index < -0.39 is 60.5 Å². The number of fused-ring (bicyclic) bond motifs is 3. The highest BCUT2D eigenvalue weighted by Gasteiger charge is 2.59. The number of allylic oxidation sites excluding steroid dienone is 1. The Morgan fingerprint density at radius 2 is 1.91 bits per heavy atom. The van der Waals surface area contributed by atoms with Crippen molar-refractivity contribution in [2.24, 2.45) is 17.8 Å². The monoisotopic (exact) mass is 591 g/mol. The van der Waals surface area contributed by atoms with Gasteiger partial charge < -0.3 is 24.3 Å². The van der Waals surface area contributed by atoms with Gasteiger partial charge in [-0.2, -0.15) is 4.90 Å². The molecule has 2 aromatic carbocycles. The largest absolute Gasteiger partial charge is 0.505 e. The molecule has 1 aliphatic carbocycles. The second-order valence-electron chi connectivity index (χ2n) is 11.2. The lowest BCUT2D eigenvalue weighted by Crippen LogP contribution is -2.46. The van der Waals surface area contributed by atoms with E-state index in [-0.39, 0.29) is 19.3 Å². The van der Waals surface area contributed by atoms with Gasteiger partial charge in [-0.3, -0.25) is 9.59 Å². The number of halogens is 1. The number of phenols is 1. The Kier molecular flexibility index (Phi) is 9.32. The number of ether oxygens (including phenoxy) is 2. The van der Waals surface area contributed by atoms with Crippen LogP contribution in [0.5, 0.6) is 11.5 Å². The molecular weight excluding hydrogens is 556 g/mol. The number of likely N-dealkylation sites (tertiary alicyclic amines) is 1. The number of hydrogen-bond acceptors (Lipinski definition) is 8. The molecule has 0 unspecified atom stereocenters. The molecule has 2 fully saturated rings. The molecule has 0 saturated carbocycles. The van der Waals surface area contributed by atoms with Crippen LogP contribution in [0.25, 0.3) is 6.08 Å². The molecule has 5 rings (SSSR count). The Labute approximate surface area is 250 Å². The van der Waals surface area contributed by atoms with Crippen molar-refractivity contribution in [1.82, 2.24) is 4.90 Å². The Morgan fingerprint density at radius 3 is 2.60 bits per heavy atom. The van der Waals surface area contributed by atoms with E-state index in [2.05, 4.69) is 0 Å². The number of rotatable bonds is 9. The van der Waals surface area contributed by atoms with Gasteiger partial charge in [-0.1, -0.05) is 49.3 Å². The first-order valence-corrected chi connectivity index (χ1v) is 14.6. The van der Waals surface area contributed by atoms with Crippen molar-refractivity contribution >= 4 is 31.1 Å². The Bertz CT molecular complexity index is 1440. The van der Waals surface area contributed by atoms with Crippen molar-refractivity contribution in [3.05, 3.63) is 76.6 Å². The van der Waals surface area contributed by atoms with Gasteiger partial charge in [0.25, 0.3) is 0 Å². The van der Waals surface area contributed by atoms with Crippen LogP contribution in [0.2, 0.25) is 6.32 Å². The third-order valence-electron chi connectivity index (χ3n) is 8.46. The molecule has 11 heteroatoms. The first kappa shape index (κ1) is 30.5. The van der Waals surface area contributed by atoms with E-state index in [9.17, 15) is 28.9 Å². The van der Waals surface area contributed by atoms with Gasteiger partial charge >= 0.3 is 13.2 Å². The number of aromatic hydroxyl groups is 1. The Balaban J connectivity index is 1.47. The summed E-state index contributed by atoms with van der Waals surface area (Å²) in [5.74, 6) is -3.84. The zero-order valence-corrected chi connectivity index (χ0v) is 24.2. The number of carbonyl (C=O) groups is 3. The Morgan fingerprint density at radius 1 is 1.14 bits per heavy atom. The van der Waals surface area contributed by atoms with Crippen molar-refractivity contribution in [2.45, 2.75) is 51.5 Å². The lowest BCUT2D eigenvalue weighted by atomic mass is 9.58. The second kappa shape index (κ2) is 13.1. The van der Waals surface area contributed by atoms with Crippen LogP contribution < -0.4 is 4.74 Å². The zero-order chi connectivity index (χ0) is 30.7. The average molecular weight is 591 g/mol. The highest BCUT2D eigenvalue weighted by molar-refractivity contribution is 6.43. The molecular formula is C32H35BFNO8. The number of methoxy groups -OCH3 is 1. The number of imide groups is 3. The molecule has 3 aliphatic rings. The van der Waals surface area contributed by atoms with Crippen LogP contribution in [0.4, 0.5) is 9.18 Å². The number of carbonyl (C=O) groups excluding carboxylic acids is 3. The summed E-state index contributed by atoms with van der Waals surface area (Å²) in [6.07, 6.45) is 3.23. The molecule has 3 amide bonds. The molecule has 0 radical (unpaired) electrons. The molecule has 2 saturated heterocycles. The molecule has 2 aromatic rings. The van der Waals surface area contributed by atoms with E-state index in [0.717, 1.165) is 36.7 Å². The summed E-state index contributed by atoms with van der Waals surface area (Å²) < 4.78 is 30.9. The minimum atomic E-state index is -1.17. The molecule has 2 N–H and O–H groups in total.